The Hall–Kier alpha value is -2.68. The zero-order valence-electron chi connectivity index (χ0n) is 17.3. The number of imide groups is 1. The van der Waals surface area contributed by atoms with Crippen LogP contribution >= 0.6 is 0 Å². The molecule has 2 heterocycles. The van der Waals surface area contributed by atoms with Crippen LogP contribution < -0.4 is 10.1 Å². The molecule has 2 aliphatic heterocycles. The molecule has 3 amide bonds. The Morgan fingerprint density at radius 3 is 2.57 bits per heavy atom. The van der Waals surface area contributed by atoms with E-state index in [4.69, 9.17) is 9.47 Å². The van der Waals surface area contributed by atoms with Gasteiger partial charge < -0.3 is 19.9 Å². The van der Waals surface area contributed by atoms with E-state index in [-0.39, 0.29) is 12.5 Å². The van der Waals surface area contributed by atoms with Crippen molar-refractivity contribution in [2.45, 2.75) is 18.6 Å². The predicted octanol–water partition coefficient (Wildman–Crippen LogP) is 1.31. The number of nitrogens with zero attached hydrogens (tertiary/aromatic N) is 2. The highest BCUT2D eigenvalue weighted by Crippen LogP contribution is 2.32. The average molecular weight is 413 g/mol. The zero-order chi connectivity index (χ0) is 21.3. The van der Waals surface area contributed by atoms with E-state index in [2.05, 4.69) is 10.2 Å². The van der Waals surface area contributed by atoms with Crippen LogP contribution in [0, 0.1) is 0 Å². The normalized spacial score (nSPS) is 23.6. The third kappa shape index (κ3) is 3.86. The van der Waals surface area contributed by atoms with Gasteiger partial charge in [0.15, 0.2) is 0 Å². The number of urea groups is 1. The van der Waals surface area contributed by atoms with Gasteiger partial charge in [0.25, 0.3) is 5.91 Å². The number of aliphatic hydroxyl groups is 1. The molecule has 4 rings (SSSR count). The van der Waals surface area contributed by atoms with Gasteiger partial charge in [-0.25, -0.2) is 4.79 Å². The zero-order valence-corrected chi connectivity index (χ0v) is 17.3. The molecule has 0 aliphatic carbocycles. The van der Waals surface area contributed by atoms with Crippen molar-refractivity contribution in [2.75, 3.05) is 46.5 Å². The monoisotopic (exact) mass is 413 g/mol. The van der Waals surface area contributed by atoms with Crippen LogP contribution in [0.5, 0.6) is 5.75 Å². The van der Waals surface area contributed by atoms with Gasteiger partial charge in [0.05, 0.1) is 33.0 Å². The van der Waals surface area contributed by atoms with Gasteiger partial charge in [0.1, 0.15) is 11.3 Å². The summed E-state index contributed by atoms with van der Waals surface area (Å²) in [5.41, 5.74) is -0.479. The summed E-state index contributed by atoms with van der Waals surface area (Å²) in [4.78, 5) is 28.9. The molecule has 2 aromatic rings. The molecule has 8 heteroatoms. The Labute approximate surface area is 175 Å². The van der Waals surface area contributed by atoms with E-state index in [1.165, 1.54) is 0 Å². The first kappa shape index (κ1) is 20.6. The summed E-state index contributed by atoms with van der Waals surface area (Å²) in [6.07, 6.45) is -0.816. The van der Waals surface area contributed by atoms with Crippen molar-refractivity contribution in [1.29, 1.82) is 0 Å². The Morgan fingerprint density at radius 1 is 1.13 bits per heavy atom. The molecule has 8 nitrogen and oxygen atoms in total. The highest BCUT2D eigenvalue weighted by molar-refractivity contribution is 6.07. The molecule has 2 N–H and O–H groups in total. The van der Waals surface area contributed by atoms with Gasteiger partial charge in [0, 0.05) is 19.6 Å². The maximum absolute atomic E-state index is 13.2. The van der Waals surface area contributed by atoms with Crippen LogP contribution in [0.2, 0.25) is 0 Å². The van der Waals surface area contributed by atoms with Crippen molar-refractivity contribution in [1.82, 2.24) is 15.1 Å². The summed E-state index contributed by atoms with van der Waals surface area (Å²) in [6.45, 7) is 4.78. The summed E-state index contributed by atoms with van der Waals surface area (Å²) < 4.78 is 10.6. The molecule has 2 aromatic carbocycles. The van der Waals surface area contributed by atoms with E-state index in [1.54, 1.807) is 14.0 Å². The Bertz CT molecular complexity index is 959. The first-order valence-corrected chi connectivity index (χ1v) is 10.1. The highest BCUT2D eigenvalue weighted by atomic mass is 16.5. The van der Waals surface area contributed by atoms with E-state index in [9.17, 15) is 14.7 Å². The third-order valence-electron chi connectivity index (χ3n) is 5.87. The topological polar surface area (TPSA) is 91.3 Å². The molecule has 2 fully saturated rings. The van der Waals surface area contributed by atoms with Gasteiger partial charge in [0.2, 0.25) is 0 Å². The number of carbonyl (C=O) groups excluding carboxylic acids is 2. The van der Waals surface area contributed by atoms with Crippen molar-refractivity contribution >= 4 is 22.7 Å². The molecule has 0 bridgehead atoms. The molecule has 0 aromatic heterocycles. The van der Waals surface area contributed by atoms with Gasteiger partial charge >= 0.3 is 6.03 Å². The minimum absolute atomic E-state index is 0.0393. The fraction of sp³-hybridized carbons (Fsp3) is 0.455. The number of aliphatic hydroxyl groups excluding tert-OH is 1. The Morgan fingerprint density at radius 2 is 1.83 bits per heavy atom. The van der Waals surface area contributed by atoms with Crippen LogP contribution in [0.1, 0.15) is 12.5 Å². The van der Waals surface area contributed by atoms with E-state index in [1.807, 2.05) is 36.4 Å². The van der Waals surface area contributed by atoms with E-state index >= 15 is 0 Å². The summed E-state index contributed by atoms with van der Waals surface area (Å²) >= 11 is 0. The molecule has 30 heavy (non-hydrogen) atoms. The number of methoxy groups -OCH3 is 1. The number of nitrogens with one attached hydrogen (secondary N) is 1. The number of hydrogen-bond acceptors (Lipinski definition) is 6. The lowest BCUT2D eigenvalue weighted by atomic mass is 9.90. The lowest BCUT2D eigenvalue weighted by molar-refractivity contribution is -0.132. The molecule has 0 unspecified atom stereocenters. The third-order valence-corrected chi connectivity index (χ3v) is 5.87. The molecule has 160 valence electrons. The van der Waals surface area contributed by atoms with Gasteiger partial charge in [-0.15, -0.1) is 0 Å². The van der Waals surface area contributed by atoms with Crippen molar-refractivity contribution in [3.05, 3.63) is 42.0 Å². The second-order valence-electron chi connectivity index (χ2n) is 7.97. The summed E-state index contributed by atoms with van der Waals surface area (Å²) in [5, 5.41) is 15.2. The van der Waals surface area contributed by atoms with Crippen LogP contribution in [-0.4, -0.2) is 79.5 Å². The van der Waals surface area contributed by atoms with Crippen molar-refractivity contribution in [3.8, 4) is 5.75 Å². The van der Waals surface area contributed by atoms with Crippen molar-refractivity contribution < 1.29 is 24.2 Å². The standard InChI is InChI=1S/C22H27N3O5/c1-22(17-5-3-16-12-19(29-2)6-4-15(16)11-17)20(27)25(21(28)23-22)14-18(26)13-24-7-9-30-10-8-24/h3-6,11-12,18,26H,7-10,13-14H2,1-2H3,(H,23,28)/t18-,22+/m0/s1. The largest absolute Gasteiger partial charge is 0.497 e. The Kier molecular flexibility index (Phi) is 5.64. The van der Waals surface area contributed by atoms with Crippen molar-refractivity contribution in [3.63, 3.8) is 0 Å². The molecule has 0 spiro atoms. The fourth-order valence-corrected chi connectivity index (χ4v) is 4.07. The van der Waals surface area contributed by atoms with E-state index in [0.717, 1.165) is 34.5 Å². The van der Waals surface area contributed by atoms with Crippen LogP contribution in [0.4, 0.5) is 4.79 Å². The number of ether oxygens (including phenoxy) is 2. The van der Waals surface area contributed by atoms with Gasteiger partial charge in [-0.2, -0.15) is 0 Å². The first-order valence-electron chi connectivity index (χ1n) is 10.1. The molecule has 2 atom stereocenters. The minimum Gasteiger partial charge on any atom is -0.497 e. The summed E-state index contributed by atoms with van der Waals surface area (Å²) in [5.74, 6) is 0.397. The molecule has 0 saturated carbocycles. The second-order valence-corrected chi connectivity index (χ2v) is 7.97. The van der Waals surface area contributed by atoms with E-state index < -0.39 is 17.7 Å². The minimum atomic E-state index is -1.18. The average Bonchev–Trinajstić information content (AvgIpc) is 2.97. The first-order chi connectivity index (χ1) is 14.4. The quantitative estimate of drug-likeness (QED) is 0.694. The van der Waals surface area contributed by atoms with Crippen LogP contribution in [-0.2, 0) is 15.1 Å². The summed E-state index contributed by atoms with van der Waals surface area (Å²) in [7, 11) is 1.62. The number of morpholine rings is 1. The molecular formula is C22H27N3O5. The molecule has 2 saturated heterocycles. The van der Waals surface area contributed by atoms with Gasteiger partial charge in [-0.05, 0) is 41.5 Å². The molecule has 0 radical (unpaired) electrons. The maximum Gasteiger partial charge on any atom is 0.325 e. The second kappa shape index (κ2) is 8.22. The number of fused-ring (bicyclic) bond motifs is 1. The number of β-amino-alcohol motifs (C(OH)–C–C–N with tert-alkyl or cyclic N) is 1. The summed E-state index contributed by atoms with van der Waals surface area (Å²) in [6, 6.07) is 10.9. The number of amides is 3. The number of benzene rings is 2. The van der Waals surface area contributed by atoms with Gasteiger partial charge in [-0.1, -0.05) is 18.2 Å². The smallest absolute Gasteiger partial charge is 0.325 e. The van der Waals surface area contributed by atoms with Crippen LogP contribution in [0.25, 0.3) is 10.8 Å². The van der Waals surface area contributed by atoms with Crippen molar-refractivity contribution in [2.24, 2.45) is 0 Å². The van der Waals surface area contributed by atoms with E-state index in [0.29, 0.717) is 25.3 Å². The van der Waals surface area contributed by atoms with Gasteiger partial charge in [-0.3, -0.25) is 14.6 Å². The highest BCUT2D eigenvalue weighted by Gasteiger charge is 2.49. The number of rotatable bonds is 6. The Balaban J connectivity index is 1.51. The lowest BCUT2D eigenvalue weighted by Crippen LogP contribution is -2.46. The van der Waals surface area contributed by atoms with Crippen LogP contribution in [0.15, 0.2) is 36.4 Å². The SMILES string of the molecule is COc1ccc2cc([C@@]3(C)NC(=O)N(C[C@@H](O)CN4CCOCC4)C3=O)ccc2c1. The molecule has 2 aliphatic rings. The van der Waals surface area contributed by atoms with Crippen LogP contribution in [0.3, 0.4) is 0 Å². The number of hydrogen-bond donors (Lipinski definition) is 2. The predicted molar refractivity (Wildman–Crippen MR) is 111 cm³/mol. The number of carbonyl (C=O) groups is 2. The maximum atomic E-state index is 13.2. The lowest BCUT2D eigenvalue weighted by Gasteiger charge is -2.29. The fourth-order valence-electron chi connectivity index (χ4n) is 4.07. The molecular weight excluding hydrogens is 386 g/mol.